The van der Waals surface area contributed by atoms with Crippen molar-refractivity contribution in [3.8, 4) is 0 Å². The van der Waals surface area contributed by atoms with Gasteiger partial charge in [0.25, 0.3) is 11.8 Å². The first kappa shape index (κ1) is 18.9. The second kappa shape index (κ2) is 7.42. The number of amides is 2. The molecule has 1 heterocycles. The van der Waals surface area contributed by atoms with Crippen molar-refractivity contribution in [2.75, 3.05) is 26.2 Å². The van der Waals surface area contributed by atoms with E-state index >= 15 is 0 Å². The minimum Gasteiger partial charge on any atom is -0.335 e. The summed E-state index contributed by atoms with van der Waals surface area (Å²) in [6.45, 7) is 2.81. The number of alkyl halides is 3. The zero-order chi connectivity index (χ0) is 19.6. The van der Waals surface area contributed by atoms with E-state index in [4.69, 9.17) is 0 Å². The molecule has 1 aliphatic rings. The molecule has 1 saturated heterocycles. The highest BCUT2D eigenvalue weighted by molar-refractivity contribution is 5.97. The molecule has 0 bridgehead atoms. The van der Waals surface area contributed by atoms with Crippen molar-refractivity contribution in [3.05, 3.63) is 70.8 Å². The van der Waals surface area contributed by atoms with Crippen LogP contribution in [0.1, 0.15) is 31.8 Å². The molecule has 0 spiro atoms. The minimum atomic E-state index is -4.59. The summed E-state index contributed by atoms with van der Waals surface area (Å²) in [5.41, 5.74) is 0.164. The lowest BCUT2D eigenvalue weighted by atomic mass is 10.0. The van der Waals surface area contributed by atoms with E-state index in [-0.39, 0.29) is 37.6 Å². The fraction of sp³-hybridized carbons (Fsp3) is 0.300. The van der Waals surface area contributed by atoms with Gasteiger partial charge in [-0.25, -0.2) is 0 Å². The van der Waals surface area contributed by atoms with E-state index in [2.05, 4.69) is 0 Å². The Kier molecular flexibility index (Phi) is 5.21. The van der Waals surface area contributed by atoms with Crippen LogP contribution in [0.3, 0.4) is 0 Å². The van der Waals surface area contributed by atoms with Crippen LogP contribution in [0.25, 0.3) is 0 Å². The van der Waals surface area contributed by atoms with Gasteiger partial charge >= 0.3 is 6.18 Å². The number of piperazine rings is 1. The van der Waals surface area contributed by atoms with Crippen molar-refractivity contribution in [1.82, 2.24) is 9.80 Å². The first-order chi connectivity index (χ1) is 12.8. The van der Waals surface area contributed by atoms with E-state index in [9.17, 15) is 22.8 Å². The Morgan fingerprint density at radius 3 is 1.74 bits per heavy atom. The molecule has 0 radical (unpaired) electrons. The second-order valence-corrected chi connectivity index (χ2v) is 6.44. The molecule has 1 fully saturated rings. The van der Waals surface area contributed by atoms with Crippen molar-refractivity contribution in [3.63, 3.8) is 0 Å². The molecule has 142 valence electrons. The van der Waals surface area contributed by atoms with Crippen LogP contribution >= 0.6 is 0 Å². The van der Waals surface area contributed by atoms with E-state index in [1.165, 1.54) is 23.1 Å². The maximum absolute atomic E-state index is 13.1. The molecule has 3 rings (SSSR count). The fourth-order valence-electron chi connectivity index (χ4n) is 3.18. The second-order valence-electron chi connectivity index (χ2n) is 6.44. The van der Waals surface area contributed by atoms with Crippen LogP contribution in [-0.2, 0) is 6.18 Å². The van der Waals surface area contributed by atoms with Crippen LogP contribution in [0.2, 0.25) is 0 Å². The predicted octanol–water partition coefficient (Wildman–Crippen LogP) is 3.61. The summed E-state index contributed by atoms with van der Waals surface area (Å²) in [4.78, 5) is 28.2. The highest BCUT2D eigenvalue weighted by atomic mass is 19.4. The first-order valence-electron chi connectivity index (χ1n) is 8.59. The predicted molar refractivity (Wildman–Crippen MR) is 94.4 cm³/mol. The van der Waals surface area contributed by atoms with Gasteiger partial charge in [0.1, 0.15) is 0 Å². The number of carbonyl (C=O) groups is 2. The zero-order valence-electron chi connectivity index (χ0n) is 14.8. The van der Waals surface area contributed by atoms with Gasteiger partial charge in [-0.15, -0.1) is 0 Å². The number of nitrogens with zero attached hydrogens (tertiary/aromatic N) is 2. The van der Waals surface area contributed by atoms with Crippen LogP contribution in [0.15, 0.2) is 48.5 Å². The molecule has 2 aromatic rings. The zero-order valence-corrected chi connectivity index (χ0v) is 14.8. The van der Waals surface area contributed by atoms with E-state index in [0.29, 0.717) is 5.56 Å². The Morgan fingerprint density at radius 2 is 1.22 bits per heavy atom. The third kappa shape index (κ3) is 3.97. The van der Waals surface area contributed by atoms with Crippen LogP contribution in [0, 0.1) is 6.92 Å². The summed E-state index contributed by atoms with van der Waals surface area (Å²) in [5.74, 6) is -0.790. The van der Waals surface area contributed by atoms with Gasteiger partial charge in [0, 0.05) is 31.7 Å². The van der Waals surface area contributed by atoms with Crippen molar-refractivity contribution in [2.24, 2.45) is 0 Å². The van der Waals surface area contributed by atoms with Crippen LogP contribution < -0.4 is 0 Å². The Labute approximate surface area is 155 Å². The smallest absolute Gasteiger partial charge is 0.335 e. The summed E-state index contributed by atoms with van der Waals surface area (Å²) < 4.78 is 39.4. The highest BCUT2D eigenvalue weighted by Crippen LogP contribution is 2.32. The van der Waals surface area contributed by atoms with Gasteiger partial charge in [-0.2, -0.15) is 13.2 Å². The van der Waals surface area contributed by atoms with Gasteiger partial charge in [0.2, 0.25) is 0 Å². The normalized spacial score (nSPS) is 15.0. The number of halogens is 3. The third-order valence-corrected chi connectivity index (χ3v) is 4.69. The highest BCUT2D eigenvalue weighted by Gasteiger charge is 2.36. The van der Waals surface area contributed by atoms with Crippen molar-refractivity contribution >= 4 is 11.8 Å². The van der Waals surface area contributed by atoms with Crippen molar-refractivity contribution < 1.29 is 22.8 Å². The Morgan fingerprint density at radius 1 is 0.778 bits per heavy atom. The molecular formula is C20H19F3N2O2. The standard InChI is InChI=1S/C20H19F3N2O2/c1-14-6-2-3-7-15(14)18(26)24-10-12-25(13-11-24)19(27)16-8-4-5-9-17(16)20(21,22)23/h2-9H,10-13H2,1H3. The SMILES string of the molecule is Cc1ccccc1C(=O)N1CCN(C(=O)c2ccccc2C(F)(F)F)CC1. The quantitative estimate of drug-likeness (QED) is 0.803. The molecule has 0 N–H and O–H groups in total. The van der Waals surface area contributed by atoms with E-state index in [1.807, 2.05) is 19.1 Å². The molecule has 0 saturated carbocycles. The summed E-state index contributed by atoms with van der Waals surface area (Å²) in [6.07, 6.45) is -4.59. The van der Waals surface area contributed by atoms with E-state index in [0.717, 1.165) is 11.6 Å². The topological polar surface area (TPSA) is 40.6 Å². The van der Waals surface area contributed by atoms with Gasteiger partial charge in [-0.1, -0.05) is 30.3 Å². The van der Waals surface area contributed by atoms with E-state index < -0.39 is 17.6 Å². The molecular weight excluding hydrogens is 357 g/mol. The van der Waals surface area contributed by atoms with Gasteiger partial charge < -0.3 is 9.80 Å². The lowest BCUT2D eigenvalue weighted by molar-refractivity contribution is -0.138. The number of benzene rings is 2. The molecule has 2 aromatic carbocycles. The summed E-state index contributed by atoms with van der Waals surface area (Å²) in [5, 5.41) is 0. The monoisotopic (exact) mass is 376 g/mol. The number of carbonyl (C=O) groups excluding carboxylic acids is 2. The number of rotatable bonds is 2. The van der Waals surface area contributed by atoms with E-state index in [1.54, 1.807) is 17.0 Å². The van der Waals surface area contributed by atoms with Gasteiger partial charge in [0.05, 0.1) is 11.1 Å². The average molecular weight is 376 g/mol. The minimum absolute atomic E-state index is 0.129. The largest absolute Gasteiger partial charge is 0.417 e. The molecule has 0 aromatic heterocycles. The Balaban J connectivity index is 1.71. The number of aryl methyl sites for hydroxylation is 1. The summed E-state index contributed by atoms with van der Waals surface area (Å²) in [7, 11) is 0. The van der Waals surface area contributed by atoms with Crippen molar-refractivity contribution in [2.45, 2.75) is 13.1 Å². The molecule has 7 heteroatoms. The number of hydrogen-bond acceptors (Lipinski definition) is 2. The van der Waals surface area contributed by atoms with Crippen molar-refractivity contribution in [1.29, 1.82) is 0 Å². The number of hydrogen-bond donors (Lipinski definition) is 0. The lowest BCUT2D eigenvalue weighted by Crippen LogP contribution is -2.51. The summed E-state index contributed by atoms with van der Waals surface area (Å²) >= 11 is 0. The fourth-order valence-corrected chi connectivity index (χ4v) is 3.18. The molecule has 2 amide bonds. The Bertz CT molecular complexity index is 856. The van der Waals surface area contributed by atoms with Crippen LogP contribution in [-0.4, -0.2) is 47.8 Å². The lowest BCUT2D eigenvalue weighted by Gasteiger charge is -2.35. The molecule has 27 heavy (non-hydrogen) atoms. The third-order valence-electron chi connectivity index (χ3n) is 4.69. The summed E-state index contributed by atoms with van der Waals surface area (Å²) in [6, 6.07) is 12.0. The first-order valence-corrected chi connectivity index (χ1v) is 8.59. The van der Waals surface area contributed by atoms with Gasteiger partial charge in [0.15, 0.2) is 0 Å². The molecule has 0 unspecified atom stereocenters. The maximum atomic E-state index is 13.1. The average Bonchev–Trinajstić information content (AvgIpc) is 2.67. The van der Waals surface area contributed by atoms with Gasteiger partial charge in [-0.3, -0.25) is 9.59 Å². The maximum Gasteiger partial charge on any atom is 0.417 e. The Hall–Kier alpha value is -2.83. The molecule has 0 aliphatic carbocycles. The molecule has 4 nitrogen and oxygen atoms in total. The molecule has 1 aliphatic heterocycles. The van der Waals surface area contributed by atoms with Crippen LogP contribution in [0.5, 0.6) is 0 Å². The molecule has 0 atom stereocenters. The van der Waals surface area contributed by atoms with Crippen LogP contribution in [0.4, 0.5) is 13.2 Å². The van der Waals surface area contributed by atoms with Gasteiger partial charge in [-0.05, 0) is 30.7 Å².